The van der Waals surface area contributed by atoms with Gasteiger partial charge in [0.25, 0.3) is 5.91 Å². The summed E-state index contributed by atoms with van der Waals surface area (Å²) in [6.07, 6.45) is 0.903. The zero-order chi connectivity index (χ0) is 18.5. The highest BCUT2D eigenvalue weighted by molar-refractivity contribution is 6.22. The average Bonchev–Trinajstić information content (AvgIpc) is 3.19. The fourth-order valence-corrected chi connectivity index (χ4v) is 4.27. The van der Waals surface area contributed by atoms with E-state index in [0.717, 1.165) is 22.5 Å². The molecule has 2 aromatic carbocycles. The lowest BCUT2D eigenvalue weighted by Crippen LogP contribution is -2.44. The van der Waals surface area contributed by atoms with E-state index >= 15 is 0 Å². The van der Waals surface area contributed by atoms with E-state index in [1.807, 2.05) is 23.1 Å². The summed E-state index contributed by atoms with van der Waals surface area (Å²) in [5.41, 5.74) is 3.50. The molecule has 3 aromatic rings. The van der Waals surface area contributed by atoms with E-state index in [1.54, 1.807) is 12.1 Å². The molecule has 2 amide bonds. The molecular weight excluding hydrogens is 345 g/mol. The van der Waals surface area contributed by atoms with Crippen LogP contribution < -0.4 is 4.90 Å². The molecule has 27 heavy (non-hydrogen) atoms. The Morgan fingerprint density at radius 1 is 1.04 bits per heavy atom. The number of carbonyl (C=O) groups is 2. The third-order valence-electron chi connectivity index (χ3n) is 5.57. The largest absolute Gasteiger partial charge is 0.357 e. The number of aromatic amines is 1. The molecule has 6 heteroatoms. The molecule has 3 heterocycles. The number of para-hydroxylation sites is 2. The summed E-state index contributed by atoms with van der Waals surface area (Å²) < 4.78 is 14.1. The summed E-state index contributed by atoms with van der Waals surface area (Å²) in [7, 11) is 0. The molecular formula is C21H18FN3O2. The third kappa shape index (κ3) is 2.48. The molecule has 1 atom stereocenters. The van der Waals surface area contributed by atoms with Gasteiger partial charge in [-0.05, 0) is 30.2 Å². The van der Waals surface area contributed by atoms with Crippen molar-refractivity contribution in [1.29, 1.82) is 0 Å². The van der Waals surface area contributed by atoms with E-state index in [-0.39, 0.29) is 23.9 Å². The van der Waals surface area contributed by atoms with Crippen LogP contribution in [0, 0.1) is 5.82 Å². The van der Waals surface area contributed by atoms with Crippen molar-refractivity contribution in [3.8, 4) is 0 Å². The molecule has 0 saturated carbocycles. The number of carbonyl (C=O) groups excluding carboxylic acids is 2. The maximum Gasteiger partial charge on any atom is 0.251 e. The lowest BCUT2D eigenvalue weighted by atomic mass is 10.0. The minimum Gasteiger partial charge on any atom is -0.357 e. The number of nitrogens with one attached hydrogen (secondary N) is 1. The number of rotatable bonds is 2. The summed E-state index contributed by atoms with van der Waals surface area (Å²) in [6.45, 7) is 1.28. The van der Waals surface area contributed by atoms with Crippen LogP contribution in [0.4, 0.5) is 10.1 Å². The van der Waals surface area contributed by atoms with Gasteiger partial charge in [-0.1, -0.05) is 30.3 Å². The number of nitrogens with zero attached hydrogens (tertiary/aromatic N) is 2. The van der Waals surface area contributed by atoms with Gasteiger partial charge in [-0.25, -0.2) is 9.29 Å². The maximum atomic E-state index is 14.1. The van der Waals surface area contributed by atoms with Crippen LogP contribution in [0.1, 0.15) is 17.7 Å². The predicted octanol–water partition coefficient (Wildman–Crippen LogP) is 3.00. The second-order valence-corrected chi connectivity index (χ2v) is 7.09. The highest BCUT2D eigenvalue weighted by Gasteiger charge is 2.44. The fraction of sp³-hybridized carbons (Fsp3) is 0.238. The van der Waals surface area contributed by atoms with Gasteiger partial charge in [-0.15, -0.1) is 0 Å². The van der Waals surface area contributed by atoms with Crippen LogP contribution in [0.2, 0.25) is 0 Å². The van der Waals surface area contributed by atoms with Crippen molar-refractivity contribution in [2.75, 3.05) is 11.4 Å². The molecule has 136 valence electrons. The number of aromatic nitrogens is 1. The number of amides is 2. The lowest BCUT2D eigenvalue weighted by molar-refractivity contribution is -0.123. The standard InChI is InChI=1S/C21H18FN3O2/c22-15-6-2-4-8-18(15)25-20(26)11-19(21(25)27)24-10-9-14-13-5-1-3-7-16(13)23-17(14)12-24/h1-8,19,23H,9-12H2. The van der Waals surface area contributed by atoms with E-state index in [2.05, 4.69) is 11.1 Å². The van der Waals surface area contributed by atoms with Gasteiger partial charge in [-0.3, -0.25) is 14.5 Å². The van der Waals surface area contributed by atoms with Crippen LogP contribution in [0.5, 0.6) is 0 Å². The Morgan fingerprint density at radius 2 is 1.81 bits per heavy atom. The highest BCUT2D eigenvalue weighted by atomic mass is 19.1. The molecule has 1 fully saturated rings. The number of hydrogen-bond acceptors (Lipinski definition) is 3. The fourth-order valence-electron chi connectivity index (χ4n) is 4.27. The van der Waals surface area contributed by atoms with Crippen LogP contribution in [0.3, 0.4) is 0 Å². The number of anilines is 1. The van der Waals surface area contributed by atoms with Crippen molar-refractivity contribution < 1.29 is 14.0 Å². The van der Waals surface area contributed by atoms with Crippen molar-refractivity contribution in [3.63, 3.8) is 0 Å². The third-order valence-corrected chi connectivity index (χ3v) is 5.57. The highest BCUT2D eigenvalue weighted by Crippen LogP contribution is 2.32. The van der Waals surface area contributed by atoms with Crippen LogP contribution in [0.25, 0.3) is 10.9 Å². The molecule has 1 unspecified atom stereocenters. The molecule has 0 spiro atoms. The van der Waals surface area contributed by atoms with Crippen molar-refractivity contribution in [2.45, 2.75) is 25.4 Å². The van der Waals surface area contributed by atoms with Crippen LogP contribution in [-0.4, -0.2) is 34.3 Å². The molecule has 2 aliphatic rings. The lowest BCUT2D eigenvalue weighted by Gasteiger charge is -2.30. The van der Waals surface area contributed by atoms with Crippen molar-refractivity contribution in [3.05, 3.63) is 65.6 Å². The Kier molecular flexibility index (Phi) is 3.62. The quantitative estimate of drug-likeness (QED) is 0.712. The van der Waals surface area contributed by atoms with E-state index in [9.17, 15) is 14.0 Å². The molecule has 0 aliphatic carbocycles. The second kappa shape index (κ2) is 6.03. The van der Waals surface area contributed by atoms with E-state index < -0.39 is 11.9 Å². The Labute approximate surface area is 155 Å². The Bertz CT molecular complexity index is 1070. The molecule has 0 radical (unpaired) electrons. The summed E-state index contributed by atoms with van der Waals surface area (Å²) in [6, 6.07) is 13.5. The summed E-state index contributed by atoms with van der Waals surface area (Å²) in [4.78, 5) is 31.9. The Hall–Kier alpha value is -2.99. The van der Waals surface area contributed by atoms with Crippen molar-refractivity contribution in [1.82, 2.24) is 9.88 Å². The SMILES string of the molecule is O=C1CC(N2CCc3c([nH]c4ccccc34)C2)C(=O)N1c1ccccc1F. The molecule has 5 nitrogen and oxygen atoms in total. The van der Waals surface area contributed by atoms with Crippen molar-refractivity contribution in [2.24, 2.45) is 0 Å². The number of benzene rings is 2. The minimum atomic E-state index is -0.559. The molecule has 5 rings (SSSR count). The smallest absolute Gasteiger partial charge is 0.251 e. The molecule has 2 aliphatic heterocycles. The summed E-state index contributed by atoms with van der Waals surface area (Å²) in [5, 5.41) is 1.22. The second-order valence-electron chi connectivity index (χ2n) is 7.09. The summed E-state index contributed by atoms with van der Waals surface area (Å²) in [5.74, 6) is -1.25. The van der Waals surface area contributed by atoms with Gasteiger partial charge in [0.05, 0.1) is 18.2 Å². The van der Waals surface area contributed by atoms with E-state index in [0.29, 0.717) is 13.1 Å². The molecule has 1 aromatic heterocycles. The Balaban J connectivity index is 1.44. The van der Waals surface area contributed by atoms with Gasteiger partial charge in [0.1, 0.15) is 5.82 Å². The van der Waals surface area contributed by atoms with Gasteiger partial charge < -0.3 is 4.98 Å². The first kappa shape index (κ1) is 16.2. The number of imide groups is 1. The molecule has 1 N–H and O–H groups in total. The number of H-pyrrole nitrogens is 1. The normalized spacial score (nSPS) is 20.5. The summed E-state index contributed by atoms with van der Waals surface area (Å²) >= 11 is 0. The van der Waals surface area contributed by atoms with E-state index in [4.69, 9.17) is 0 Å². The number of hydrogen-bond donors (Lipinski definition) is 1. The van der Waals surface area contributed by atoms with Gasteiger partial charge >= 0.3 is 0 Å². The van der Waals surface area contributed by atoms with Crippen LogP contribution in [-0.2, 0) is 22.6 Å². The monoisotopic (exact) mass is 363 g/mol. The van der Waals surface area contributed by atoms with Gasteiger partial charge in [-0.2, -0.15) is 0 Å². The van der Waals surface area contributed by atoms with Gasteiger partial charge in [0.2, 0.25) is 5.91 Å². The zero-order valence-electron chi connectivity index (χ0n) is 14.6. The van der Waals surface area contributed by atoms with Gasteiger partial charge in [0, 0.05) is 29.7 Å². The van der Waals surface area contributed by atoms with Crippen LogP contribution in [0.15, 0.2) is 48.5 Å². The number of fused-ring (bicyclic) bond motifs is 3. The first-order valence-electron chi connectivity index (χ1n) is 9.07. The minimum absolute atomic E-state index is 0.0401. The van der Waals surface area contributed by atoms with Crippen LogP contribution >= 0.6 is 0 Å². The number of halogens is 1. The topological polar surface area (TPSA) is 56.4 Å². The van der Waals surface area contributed by atoms with Crippen molar-refractivity contribution >= 4 is 28.4 Å². The van der Waals surface area contributed by atoms with Gasteiger partial charge in [0.15, 0.2) is 0 Å². The van der Waals surface area contributed by atoms with E-state index in [1.165, 1.54) is 23.1 Å². The maximum absolute atomic E-state index is 14.1. The Morgan fingerprint density at radius 3 is 2.67 bits per heavy atom. The average molecular weight is 363 g/mol. The first-order valence-corrected chi connectivity index (χ1v) is 9.07. The molecule has 1 saturated heterocycles. The predicted molar refractivity (Wildman–Crippen MR) is 99.7 cm³/mol. The zero-order valence-corrected chi connectivity index (χ0v) is 14.6. The first-order chi connectivity index (χ1) is 13.1. The molecule has 0 bridgehead atoms.